The molecule has 2 aliphatic rings. The van der Waals surface area contributed by atoms with E-state index in [1.165, 1.54) is 30.1 Å². The third-order valence-electron chi connectivity index (χ3n) is 5.09. The van der Waals surface area contributed by atoms with Gasteiger partial charge in [0.25, 0.3) is 5.91 Å². The average Bonchev–Trinajstić information content (AvgIpc) is 3.12. The lowest BCUT2D eigenvalue weighted by Crippen LogP contribution is -2.46. The molecule has 3 rings (SSSR count). The van der Waals surface area contributed by atoms with Gasteiger partial charge in [-0.25, -0.2) is 0 Å². The highest BCUT2D eigenvalue weighted by Gasteiger charge is 2.17. The predicted molar refractivity (Wildman–Crippen MR) is 106 cm³/mol. The molecule has 1 aromatic rings. The van der Waals surface area contributed by atoms with E-state index >= 15 is 0 Å². The van der Waals surface area contributed by atoms with Crippen LogP contribution in [-0.4, -0.2) is 71.8 Å². The molecule has 1 aliphatic heterocycles. The smallest absolute Gasteiger partial charge is 0.254 e. The molecule has 0 unspecified atom stereocenters. The molecular formula is C18H31ClN6O2. The van der Waals surface area contributed by atoms with Crippen LogP contribution in [0.5, 0.6) is 0 Å². The highest BCUT2D eigenvalue weighted by molar-refractivity contribution is 5.93. The predicted octanol–water partition coefficient (Wildman–Crippen LogP) is 0.389. The van der Waals surface area contributed by atoms with Crippen molar-refractivity contribution in [2.75, 3.05) is 39.3 Å². The standard InChI is InChI=1S/C18H30N6O2.ClH/c25-17(22-16-4-2-1-3-5-16)14-24-13-15(12-21-24)18(26)20-8-11-23-9-6-19-7-10-23;/h12-13,16,19H,1-11,14H2,(H,20,26)(H,22,25);1H. The van der Waals surface area contributed by atoms with E-state index in [1.807, 2.05) is 0 Å². The third kappa shape index (κ3) is 7.12. The van der Waals surface area contributed by atoms with Crippen molar-refractivity contribution in [3.8, 4) is 0 Å². The Morgan fingerprint density at radius 3 is 2.67 bits per heavy atom. The molecule has 2 heterocycles. The van der Waals surface area contributed by atoms with Crippen LogP contribution in [0.1, 0.15) is 42.5 Å². The SMILES string of the molecule is Cl.O=C(Cn1cc(C(=O)NCCN2CCNCC2)cn1)NC1CCCCC1. The summed E-state index contributed by atoms with van der Waals surface area (Å²) in [5.74, 6) is -0.176. The molecule has 8 nitrogen and oxygen atoms in total. The third-order valence-corrected chi connectivity index (χ3v) is 5.09. The van der Waals surface area contributed by atoms with Crippen LogP contribution in [0.4, 0.5) is 0 Å². The number of halogens is 1. The molecule has 152 valence electrons. The number of rotatable bonds is 7. The molecule has 0 spiro atoms. The maximum atomic E-state index is 12.2. The maximum absolute atomic E-state index is 12.2. The molecule has 0 aromatic carbocycles. The van der Waals surface area contributed by atoms with Gasteiger partial charge in [-0.15, -0.1) is 12.4 Å². The number of hydrogen-bond acceptors (Lipinski definition) is 5. The lowest BCUT2D eigenvalue weighted by Gasteiger charge is -2.27. The molecule has 1 aromatic heterocycles. The average molecular weight is 399 g/mol. The molecule has 9 heteroatoms. The van der Waals surface area contributed by atoms with Gasteiger partial charge in [-0.05, 0) is 12.8 Å². The number of amides is 2. The summed E-state index contributed by atoms with van der Waals surface area (Å²) >= 11 is 0. The molecule has 0 radical (unpaired) electrons. The van der Waals surface area contributed by atoms with Crippen LogP contribution in [-0.2, 0) is 11.3 Å². The lowest BCUT2D eigenvalue weighted by molar-refractivity contribution is -0.122. The van der Waals surface area contributed by atoms with Gasteiger partial charge < -0.3 is 16.0 Å². The van der Waals surface area contributed by atoms with E-state index in [1.54, 1.807) is 6.20 Å². The van der Waals surface area contributed by atoms with Crippen LogP contribution >= 0.6 is 12.4 Å². The van der Waals surface area contributed by atoms with Crippen molar-refractivity contribution in [2.45, 2.75) is 44.7 Å². The molecule has 0 bridgehead atoms. The number of nitrogens with zero attached hydrogens (tertiary/aromatic N) is 3. The molecule has 3 N–H and O–H groups in total. The second-order valence-corrected chi connectivity index (χ2v) is 7.18. The minimum atomic E-state index is -0.140. The number of aromatic nitrogens is 2. The summed E-state index contributed by atoms with van der Waals surface area (Å²) in [4.78, 5) is 26.7. The number of carbonyl (C=O) groups excluding carboxylic acids is 2. The van der Waals surface area contributed by atoms with Crippen molar-refractivity contribution in [3.63, 3.8) is 0 Å². The number of nitrogens with one attached hydrogen (secondary N) is 3. The second-order valence-electron chi connectivity index (χ2n) is 7.18. The van der Waals surface area contributed by atoms with E-state index in [9.17, 15) is 9.59 Å². The molecule has 1 saturated carbocycles. The summed E-state index contributed by atoms with van der Waals surface area (Å²) in [6.07, 6.45) is 8.92. The van der Waals surface area contributed by atoms with E-state index in [0.29, 0.717) is 18.2 Å². The van der Waals surface area contributed by atoms with Gasteiger partial charge in [0.2, 0.25) is 5.91 Å². The fourth-order valence-electron chi connectivity index (χ4n) is 3.60. The van der Waals surface area contributed by atoms with Gasteiger partial charge in [-0.3, -0.25) is 19.2 Å². The van der Waals surface area contributed by atoms with Crippen molar-refractivity contribution in [2.24, 2.45) is 0 Å². The van der Waals surface area contributed by atoms with E-state index in [4.69, 9.17) is 0 Å². The Kier molecular flexibility index (Phi) is 9.03. The molecule has 0 atom stereocenters. The fourth-order valence-corrected chi connectivity index (χ4v) is 3.60. The zero-order chi connectivity index (χ0) is 18.2. The van der Waals surface area contributed by atoms with Gasteiger partial charge in [-0.2, -0.15) is 5.10 Å². The summed E-state index contributed by atoms with van der Waals surface area (Å²) in [6, 6.07) is 0.291. The first-order valence-corrected chi connectivity index (χ1v) is 9.74. The highest BCUT2D eigenvalue weighted by Crippen LogP contribution is 2.17. The van der Waals surface area contributed by atoms with Crippen LogP contribution in [0, 0.1) is 0 Å². The van der Waals surface area contributed by atoms with Gasteiger partial charge in [0.15, 0.2) is 0 Å². The van der Waals surface area contributed by atoms with Crippen LogP contribution in [0.2, 0.25) is 0 Å². The summed E-state index contributed by atoms with van der Waals surface area (Å²) < 4.78 is 1.53. The highest BCUT2D eigenvalue weighted by atomic mass is 35.5. The van der Waals surface area contributed by atoms with Crippen molar-refractivity contribution in [3.05, 3.63) is 18.0 Å². The Hall–Kier alpha value is -1.64. The molecule has 1 aliphatic carbocycles. The summed E-state index contributed by atoms with van der Waals surface area (Å²) in [6.45, 7) is 5.67. The Balaban J connectivity index is 0.00000261. The van der Waals surface area contributed by atoms with Crippen molar-refractivity contribution >= 4 is 24.2 Å². The van der Waals surface area contributed by atoms with Gasteiger partial charge in [-0.1, -0.05) is 19.3 Å². The Labute approximate surface area is 166 Å². The van der Waals surface area contributed by atoms with Crippen LogP contribution in [0.15, 0.2) is 12.4 Å². The second kappa shape index (κ2) is 11.3. The summed E-state index contributed by atoms with van der Waals surface area (Å²) in [7, 11) is 0. The van der Waals surface area contributed by atoms with Crippen molar-refractivity contribution < 1.29 is 9.59 Å². The molecule has 2 fully saturated rings. The first-order valence-electron chi connectivity index (χ1n) is 9.74. The molecule has 1 saturated heterocycles. The number of carbonyl (C=O) groups is 2. The van der Waals surface area contributed by atoms with E-state index in [0.717, 1.165) is 45.6 Å². The van der Waals surface area contributed by atoms with Crippen LogP contribution in [0.25, 0.3) is 0 Å². The Morgan fingerprint density at radius 1 is 1.19 bits per heavy atom. The first-order chi connectivity index (χ1) is 12.7. The maximum Gasteiger partial charge on any atom is 0.254 e. The minimum Gasteiger partial charge on any atom is -0.352 e. The number of hydrogen-bond donors (Lipinski definition) is 3. The van der Waals surface area contributed by atoms with Gasteiger partial charge in [0, 0.05) is 51.5 Å². The van der Waals surface area contributed by atoms with Crippen molar-refractivity contribution in [1.82, 2.24) is 30.6 Å². The quantitative estimate of drug-likeness (QED) is 0.618. The van der Waals surface area contributed by atoms with E-state index in [-0.39, 0.29) is 30.8 Å². The molecule has 2 amide bonds. The normalized spacial score (nSPS) is 18.5. The van der Waals surface area contributed by atoms with Gasteiger partial charge in [0.1, 0.15) is 6.54 Å². The first kappa shape index (κ1) is 21.7. The Bertz CT molecular complexity index is 596. The van der Waals surface area contributed by atoms with Crippen molar-refractivity contribution in [1.29, 1.82) is 0 Å². The van der Waals surface area contributed by atoms with Crippen LogP contribution < -0.4 is 16.0 Å². The topological polar surface area (TPSA) is 91.3 Å². The molecular weight excluding hydrogens is 368 g/mol. The van der Waals surface area contributed by atoms with Gasteiger partial charge in [0.05, 0.1) is 11.8 Å². The lowest BCUT2D eigenvalue weighted by atomic mass is 9.95. The summed E-state index contributed by atoms with van der Waals surface area (Å²) in [5, 5.41) is 13.4. The minimum absolute atomic E-state index is 0. The van der Waals surface area contributed by atoms with Crippen LogP contribution in [0.3, 0.4) is 0 Å². The number of piperazine rings is 1. The monoisotopic (exact) mass is 398 g/mol. The largest absolute Gasteiger partial charge is 0.352 e. The fraction of sp³-hybridized carbons (Fsp3) is 0.722. The molecule has 27 heavy (non-hydrogen) atoms. The van der Waals surface area contributed by atoms with Gasteiger partial charge >= 0.3 is 0 Å². The van der Waals surface area contributed by atoms with E-state index in [2.05, 4.69) is 25.9 Å². The Morgan fingerprint density at radius 2 is 1.93 bits per heavy atom. The van der Waals surface area contributed by atoms with E-state index < -0.39 is 0 Å². The zero-order valence-electron chi connectivity index (χ0n) is 15.8. The summed E-state index contributed by atoms with van der Waals surface area (Å²) in [5.41, 5.74) is 0.496. The zero-order valence-corrected chi connectivity index (χ0v) is 16.6.